The van der Waals surface area contributed by atoms with Gasteiger partial charge < -0.3 is 19.8 Å². The van der Waals surface area contributed by atoms with Gasteiger partial charge in [-0.2, -0.15) is 4.72 Å². The van der Waals surface area contributed by atoms with Crippen LogP contribution in [-0.2, 0) is 23.9 Å². The van der Waals surface area contributed by atoms with Crippen LogP contribution in [0.25, 0.3) is 10.8 Å². The maximum Gasteiger partial charge on any atom is 0.469 e. The zero-order valence-electron chi connectivity index (χ0n) is 14.4. The largest absolute Gasteiger partial charge is 0.480 e. The Morgan fingerprint density at radius 1 is 1.19 bits per heavy atom. The number of carbonyl (C=O) groups is 1. The van der Waals surface area contributed by atoms with Gasteiger partial charge in [-0.05, 0) is 12.1 Å². The molecule has 10 nitrogen and oxygen atoms in total. The molecule has 0 saturated carbocycles. The Hall–Kier alpha value is -2.01. The number of carboxylic acids is 1. The Labute approximate surface area is 155 Å². The highest BCUT2D eigenvalue weighted by atomic mass is 32.2. The second kappa shape index (κ2) is 7.93. The molecule has 1 unspecified atom stereocenters. The van der Waals surface area contributed by atoms with Crippen LogP contribution in [0.5, 0.6) is 0 Å². The molecule has 2 rings (SSSR count). The van der Waals surface area contributed by atoms with Crippen molar-refractivity contribution in [3.63, 3.8) is 0 Å². The van der Waals surface area contributed by atoms with Gasteiger partial charge in [-0.15, -0.1) is 0 Å². The number of hydrogen-bond acceptors (Lipinski definition) is 6. The van der Waals surface area contributed by atoms with Crippen LogP contribution in [0.15, 0.2) is 41.3 Å². The predicted octanol–water partition coefficient (Wildman–Crippen LogP) is 0.747. The Morgan fingerprint density at radius 2 is 1.78 bits per heavy atom. The maximum absolute atomic E-state index is 12.7. The van der Waals surface area contributed by atoms with E-state index < -0.39 is 36.5 Å². The van der Waals surface area contributed by atoms with Crippen molar-refractivity contribution in [1.82, 2.24) is 4.72 Å². The minimum Gasteiger partial charge on any atom is -0.480 e. The van der Waals surface area contributed by atoms with Gasteiger partial charge in [0.25, 0.3) is 0 Å². The van der Waals surface area contributed by atoms with Crippen LogP contribution < -0.4 is 9.62 Å². The van der Waals surface area contributed by atoms with Crippen molar-refractivity contribution in [2.75, 3.05) is 25.6 Å². The van der Waals surface area contributed by atoms with E-state index in [4.69, 9.17) is 14.9 Å². The molecule has 0 aliphatic heterocycles. The van der Waals surface area contributed by atoms with Gasteiger partial charge in [0.1, 0.15) is 6.04 Å². The molecule has 27 heavy (non-hydrogen) atoms. The lowest BCUT2D eigenvalue weighted by Gasteiger charge is -2.18. The number of anilines is 1. The first kappa shape index (κ1) is 21.3. The average Bonchev–Trinajstić information content (AvgIpc) is 2.56. The molecule has 0 bridgehead atoms. The highest BCUT2D eigenvalue weighted by Gasteiger charge is 2.29. The van der Waals surface area contributed by atoms with Gasteiger partial charge in [0.2, 0.25) is 10.0 Å². The predicted molar refractivity (Wildman–Crippen MR) is 98.0 cm³/mol. The lowest BCUT2D eigenvalue weighted by molar-refractivity contribution is -0.139. The first-order valence-corrected chi connectivity index (χ1v) is 10.6. The lowest BCUT2D eigenvalue weighted by atomic mass is 10.1. The second-order valence-corrected chi connectivity index (χ2v) is 8.74. The fourth-order valence-electron chi connectivity index (χ4n) is 2.47. The minimum absolute atomic E-state index is 0.161. The van der Waals surface area contributed by atoms with Gasteiger partial charge in [-0.25, -0.2) is 13.0 Å². The summed E-state index contributed by atoms with van der Waals surface area (Å²) >= 11 is 0. The van der Waals surface area contributed by atoms with E-state index in [0.29, 0.717) is 10.8 Å². The number of phosphoric acid groups is 1. The maximum atomic E-state index is 12.7. The summed E-state index contributed by atoms with van der Waals surface area (Å²) in [6.45, 7) is -1.04. The smallest absolute Gasteiger partial charge is 0.469 e. The average molecular weight is 418 g/mol. The number of phosphoric ester groups is 1. The van der Waals surface area contributed by atoms with Crippen molar-refractivity contribution in [3.05, 3.63) is 36.4 Å². The molecule has 2 aromatic carbocycles. The summed E-state index contributed by atoms with van der Waals surface area (Å²) in [6.07, 6.45) is 0. The zero-order chi connectivity index (χ0) is 20.4. The van der Waals surface area contributed by atoms with Gasteiger partial charge >= 0.3 is 13.8 Å². The molecule has 0 heterocycles. The third-order valence-electron chi connectivity index (χ3n) is 3.64. The highest BCUT2D eigenvalue weighted by Crippen LogP contribution is 2.36. The molecular weight excluding hydrogens is 399 g/mol. The first-order chi connectivity index (χ1) is 12.4. The number of rotatable bonds is 8. The van der Waals surface area contributed by atoms with Crippen molar-refractivity contribution in [2.24, 2.45) is 0 Å². The van der Waals surface area contributed by atoms with Crippen LogP contribution >= 0.6 is 7.82 Å². The monoisotopic (exact) mass is 418 g/mol. The molecule has 0 saturated heterocycles. The van der Waals surface area contributed by atoms with Crippen molar-refractivity contribution in [3.8, 4) is 0 Å². The molecule has 0 aliphatic carbocycles. The number of benzene rings is 2. The molecule has 0 spiro atoms. The Bertz CT molecular complexity index is 1000. The summed E-state index contributed by atoms with van der Waals surface area (Å²) in [5.41, 5.74) is 0.768. The van der Waals surface area contributed by atoms with Crippen LogP contribution in [0.4, 0.5) is 5.69 Å². The van der Waals surface area contributed by atoms with Crippen LogP contribution in [0.3, 0.4) is 0 Å². The van der Waals surface area contributed by atoms with Gasteiger partial charge in [0, 0.05) is 30.6 Å². The van der Waals surface area contributed by atoms with Gasteiger partial charge in [-0.3, -0.25) is 9.32 Å². The van der Waals surface area contributed by atoms with Crippen molar-refractivity contribution in [2.45, 2.75) is 10.9 Å². The van der Waals surface area contributed by atoms with Crippen molar-refractivity contribution in [1.29, 1.82) is 0 Å². The quantitative estimate of drug-likeness (QED) is 0.455. The van der Waals surface area contributed by atoms with E-state index in [1.807, 2.05) is 4.72 Å². The van der Waals surface area contributed by atoms with Crippen molar-refractivity contribution < 1.29 is 37.2 Å². The number of nitrogens with one attached hydrogen (secondary N) is 1. The molecule has 1 atom stereocenters. The number of sulfonamides is 1. The standard InChI is InChI=1S/C15H19N2O8PS/c1-17(2)13-7-3-6-11-10(13)5-4-8-14(11)27(23,24)16-12(15(18)19)9-25-26(20,21)22/h3-8,12,16H,9H2,1-2H3,(H,18,19)(H2,20,21,22). The summed E-state index contributed by atoms with van der Waals surface area (Å²) in [5, 5.41) is 10.2. The molecule has 148 valence electrons. The molecule has 12 heteroatoms. The molecule has 0 aromatic heterocycles. The number of nitrogens with zero attached hydrogens (tertiary/aromatic N) is 1. The number of fused-ring (bicyclic) bond motifs is 1. The van der Waals surface area contributed by atoms with Crippen LogP contribution in [-0.4, -0.2) is 56.0 Å². The Balaban J connectivity index is 2.45. The fraction of sp³-hybridized carbons (Fsp3) is 0.267. The summed E-state index contributed by atoms with van der Waals surface area (Å²) < 4.78 is 42.3. The normalized spacial score (nSPS) is 13.5. The van der Waals surface area contributed by atoms with E-state index in [0.717, 1.165) is 5.69 Å². The number of carboxylic acid groups (broad SMARTS) is 1. The van der Waals surface area contributed by atoms with E-state index in [9.17, 15) is 17.8 Å². The molecule has 0 aliphatic rings. The summed E-state index contributed by atoms with van der Waals surface area (Å²) in [6, 6.07) is 7.74. The molecule has 0 amide bonds. The van der Waals surface area contributed by atoms with E-state index in [1.165, 1.54) is 12.1 Å². The number of hydrogen-bond donors (Lipinski definition) is 4. The third-order valence-corrected chi connectivity index (χ3v) is 5.65. The topological polar surface area (TPSA) is 153 Å². The summed E-state index contributed by atoms with van der Waals surface area (Å²) in [7, 11) is -5.68. The van der Waals surface area contributed by atoms with Crippen LogP contribution in [0, 0.1) is 0 Å². The summed E-state index contributed by atoms with van der Waals surface area (Å²) in [4.78, 5) is 30.3. The lowest BCUT2D eigenvalue weighted by Crippen LogP contribution is -2.43. The Kier molecular flexibility index (Phi) is 6.25. The first-order valence-electron chi connectivity index (χ1n) is 7.56. The van der Waals surface area contributed by atoms with Gasteiger partial charge in [0.15, 0.2) is 0 Å². The molecule has 0 radical (unpaired) electrons. The summed E-state index contributed by atoms with van der Waals surface area (Å²) in [5.74, 6) is -1.64. The Morgan fingerprint density at radius 3 is 2.33 bits per heavy atom. The zero-order valence-corrected chi connectivity index (χ0v) is 16.1. The van der Waals surface area contributed by atoms with Crippen molar-refractivity contribution >= 4 is 40.3 Å². The van der Waals surface area contributed by atoms with E-state index in [2.05, 4.69) is 4.52 Å². The molecule has 0 fully saturated rings. The molecule has 2 aromatic rings. The molecular formula is C15H19N2O8PS. The highest BCUT2D eigenvalue weighted by molar-refractivity contribution is 7.89. The minimum atomic E-state index is -4.96. The van der Waals surface area contributed by atoms with E-state index in [1.54, 1.807) is 43.3 Å². The van der Waals surface area contributed by atoms with Gasteiger partial charge in [0.05, 0.1) is 11.5 Å². The van der Waals surface area contributed by atoms with E-state index >= 15 is 0 Å². The van der Waals surface area contributed by atoms with Crippen LogP contribution in [0.2, 0.25) is 0 Å². The SMILES string of the molecule is CN(C)c1cccc2c(S(=O)(=O)NC(COP(=O)(O)O)C(=O)O)cccc12. The van der Waals surface area contributed by atoms with Gasteiger partial charge in [-0.1, -0.05) is 24.3 Å². The third kappa shape index (κ3) is 5.25. The fourth-order valence-corrected chi connectivity index (χ4v) is 4.21. The van der Waals surface area contributed by atoms with Crippen LogP contribution in [0.1, 0.15) is 0 Å². The number of aliphatic carboxylic acids is 1. The van der Waals surface area contributed by atoms with E-state index in [-0.39, 0.29) is 4.90 Å². The second-order valence-electron chi connectivity index (χ2n) is 5.82. The molecule has 4 N–H and O–H groups in total.